The van der Waals surface area contributed by atoms with Crippen LogP contribution in [0.5, 0.6) is 0 Å². The molecule has 3 heterocycles. The lowest BCUT2D eigenvalue weighted by Gasteiger charge is -2.42. The Balaban J connectivity index is 1.01. The van der Waals surface area contributed by atoms with Crippen molar-refractivity contribution in [3.8, 4) is 0 Å². The molecule has 2 aromatic carbocycles. The number of nitrogens with one attached hydrogen (secondary N) is 1. The first kappa shape index (κ1) is 22.4. The molecule has 3 fully saturated rings. The Morgan fingerprint density at radius 3 is 2.08 bits per heavy atom. The zero-order chi connectivity index (χ0) is 25.3. The molecule has 2 amide bonds. The van der Waals surface area contributed by atoms with Crippen molar-refractivity contribution in [1.82, 2.24) is 25.2 Å². The summed E-state index contributed by atoms with van der Waals surface area (Å²) in [6, 6.07) is 12.6. The van der Waals surface area contributed by atoms with Crippen molar-refractivity contribution in [1.29, 1.82) is 0 Å². The van der Waals surface area contributed by atoms with Gasteiger partial charge >= 0.3 is 0 Å². The third kappa shape index (κ3) is 3.62. The van der Waals surface area contributed by atoms with Crippen molar-refractivity contribution in [2.45, 2.75) is 6.42 Å². The van der Waals surface area contributed by atoms with Crippen LogP contribution in [-0.4, -0.2) is 69.0 Å². The molecule has 2 saturated heterocycles. The number of benzene rings is 2. The minimum absolute atomic E-state index is 0.0273. The molecule has 37 heavy (non-hydrogen) atoms. The number of aromatic nitrogens is 3. The number of aromatic amines is 1. The summed E-state index contributed by atoms with van der Waals surface area (Å²) in [7, 11) is 0. The van der Waals surface area contributed by atoms with E-state index < -0.39 is 0 Å². The molecule has 1 saturated carbocycles. The average molecular weight is 514 g/mol. The Morgan fingerprint density at radius 1 is 0.811 bits per heavy atom. The van der Waals surface area contributed by atoms with Crippen molar-refractivity contribution < 1.29 is 14.4 Å². The van der Waals surface area contributed by atoms with Crippen molar-refractivity contribution in [3.05, 3.63) is 76.3 Å². The molecule has 1 N–H and O–H groups in total. The van der Waals surface area contributed by atoms with E-state index in [-0.39, 0.29) is 24.0 Å². The minimum atomic E-state index is -0.0508. The van der Waals surface area contributed by atoms with Crippen molar-refractivity contribution in [2.24, 2.45) is 23.7 Å². The van der Waals surface area contributed by atoms with Gasteiger partial charge in [-0.1, -0.05) is 35.9 Å². The van der Waals surface area contributed by atoms with Gasteiger partial charge in [0, 0.05) is 54.3 Å². The molecule has 0 spiro atoms. The molecule has 0 bridgehead atoms. The molecule has 9 heteroatoms. The fourth-order valence-electron chi connectivity index (χ4n) is 6.70. The van der Waals surface area contributed by atoms with E-state index in [0.29, 0.717) is 64.0 Å². The van der Waals surface area contributed by atoms with Gasteiger partial charge in [0.25, 0.3) is 5.91 Å². The standard InChI is InChI=1S/C28H24ClN5O3/c29-18-5-1-15(2-6-18)19-7-3-17(10-26(19)35)28(37)34-13-22-20-11-33(12-21(20)23(22)14-34)27(36)16-4-8-24-25(9-16)31-32-30-24/h1-9,20-23H,10-14H2,(H,30,31,32)/t20-,21+,22+,23-. The van der Waals surface area contributed by atoms with Crippen LogP contribution in [0.4, 0.5) is 0 Å². The largest absolute Gasteiger partial charge is 0.338 e. The second-order valence-corrected chi connectivity index (χ2v) is 10.9. The number of hydrogen-bond acceptors (Lipinski definition) is 5. The van der Waals surface area contributed by atoms with Crippen molar-refractivity contribution in [3.63, 3.8) is 0 Å². The van der Waals surface area contributed by atoms with Crippen LogP contribution < -0.4 is 0 Å². The number of carbonyl (C=O) groups excluding carboxylic acids is 3. The van der Waals surface area contributed by atoms with E-state index in [4.69, 9.17) is 11.6 Å². The summed E-state index contributed by atoms with van der Waals surface area (Å²) < 4.78 is 0. The Kier molecular flexibility index (Phi) is 5.08. The summed E-state index contributed by atoms with van der Waals surface area (Å²) in [6.45, 7) is 2.82. The quantitative estimate of drug-likeness (QED) is 0.579. The maximum absolute atomic E-state index is 13.3. The van der Waals surface area contributed by atoms with Gasteiger partial charge in [-0.25, -0.2) is 0 Å². The van der Waals surface area contributed by atoms with Gasteiger partial charge in [-0.2, -0.15) is 15.4 Å². The van der Waals surface area contributed by atoms with Crippen LogP contribution in [0.3, 0.4) is 0 Å². The molecule has 0 radical (unpaired) electrons. The molecule has 0 unspecified atom stereocenters. The second-order valence-electron chi connectivity index (χ2n) is 10.5. The highest BCUT2D eigenvalue weighted by Crippen LogP contribution is 2.54. The number of fused-ring (bicyclic) bond motifs is 5. The predicted molar refractivity (Wildman–Crippen MR) is 137 cm³/mol. The van der Waals surface area contributed by atoms with Gasteiger partial charge in [-0.05, 0) is 59.6 Å². The maximum Gasteiger partial charge on any atom is 0.253 e. The van der Waals surface area contributed by atoms with Gasteiger partial charge in [0.05, 0.1) is 0 Å². The normalized spacial score (nSPS) is 26.5. The Bertz CT molecular complexity index is 1500. The number of nitrogens with zero attached hydrogens (tertiary/aromatic N) is 4. The first-order valence-electron chi connectivity index (χ1n) is 12.6. The first-order chi connectivity index (χ1) is 18.0. The van der Waals surface area contributed by atoms with Crippen LogP contribution in [0.25, 0.3) is 16.6 Å². The van der Waals surface area contributed by atoms with Gasteiger partial charge in [0.1, 0.15) is 11.0 Å². The molecule has 1 aromatic heterocycles. The highest BCUT2D eigenvalue weighted by molar-refractivity contribution is 6.31. The number of halogens is 1. The lowest BCUT2D eigenvalue weighted by molar-refractivity contribution is -0.127. The Hall–Kier alpha value is -3.78. The number of carbonyl (C=O) groups is 3. The first-order valence-corrected chi connectivity index (χ1v) is 12.9. The second kappa shape index (κ2) is 8.38. The van der Waals surface area contributed by atoms with Gasteiger partial charge < -0.3 is 9.80 Å². The number of ketones is 1. The molecular weight excluding hydrogens is 490 g/mol. The third-order valence-corrected chi connectivity index (χ3v) is 8.85. The van der Waals surface area contributed by atoms with Crippen LogP contribution in [0.2, 0.25) is 5.02 Å². The number of H-pyrrole nitrogens is 1. The molecule has 4 atom stereocenters. The predicted octanol–water partition coefficient (Wildman–Crippen LogP) is 3.37. The van der Waals surface area contributed by atoms with E-state index in [1.54, 1.807) is 36.4 Å². The number of amides is 2. The molecule has 3 aromatic rings. The summed E-state index contributed by atoms with van der Waals surface area (Å²) >= 11 is 5.96. The zero-order valence-electron chi connectivity index (χ0n) is 19.9. The maximum atomic E-state index is 13.3. The third-order valence-electron chi connectivity index (χ3n) is 8.59. The van der Waals surface area contributed by atoms with Gasteiger partial charge in [-0.15, -0.1) is 0 Å². The fraction of sp³-hybridized carbons (Fsp3) is 0.321. The van der Waals surface area contributed by atoms with Crippen LogP contribution in [0, 0.1) is 23.7 Å². The van der Waals surface area contributed by atoms with Gasteiger partial charge in [0.2, 0.25) is 5.91 Å². The van der Waals surface area contributed by atoms with Gasteiger partial charge in [-0.3, -0.25) is 14.4 Å². The molecule has 2 aliphatic heterocycles. The van der Waals surface area contributed by atoms with E-state index in [0.717, 1.165) is 24.2 Å². The van der Waals surface area contributed by atoms with Crippen LogP contribution in [0.1, 0.15) is 22.3 Å². The number of allylic oxidation sites excluding steroid dienone is 3. The average Bonchev–Trinajstić information content (AvgIpc) is 3.62. The van der Waals surface area contributed by atoms with Crippen LogP contribution >= 0.6 is 11.6 Å². The monoisotopic (exact) mass is 513 g/mol. The summed E-state index contributed by atoms with van der Waals surface area (Å²) in [4.78, 5) is 43.1. The molecule has 8 nitrogen and oxygen atoms in total. The topological polar surface area (TPSA) is 99.3 Å². The summed E-state index contributed by atoms with van der Waals surface area (Å²) in [5, 5.41) is 11.3. The van der Waals surface area contributed by atoms with E-state index in [1.165, 1.54) is 0 Å². The summed E-state index contributed by atoms with van der Waals surface area (Å²) in [6.07, 6.45) is 3.66. The van der Waals surface area contributed by atoms with Crippen molar-refractivity contribution in [2.75, 3.05) is 26.2 Å². The van der Waals surface area contributed by atoms with E-state index in [9.17, 15) is 14.4 Å². The van der Waals surface area contributed by atoms with E-state index in [2.05, 4.69) is 15.4 Å². The molecule has 186 valence electrons. The summed E-state index contributed by atoms with van der Waals surface area (Å²) in [5.74, 6) is 1.59. The zero-order valence-corrected chi connectivity index (χ0v) is 20.7. The highest BCUT2D eigenvalue weighted by Gasteiger charge is 2.59. The Labute approximate surface area is 217 Å². The number of likely N-dealkylation sites (tertiary alicyclic amines) is 2. The van der Waals surface area contributed by atoms with Crippen LogP contribution in [0.15, 0.2) is 60.2 Å². The van der Waals surface area contributed by atoms with E-state index >= 15 is 0 Å². The highest BCUT2D eigenvalue weighted by atomic mass is 35.5. The SMILES string of the molecule is O=C1CC(C(=O)N2C[C@@H]3[C@H](C2)[C@H]2CN(C(=O)c4ccc5n[nH]nc5c4)C[C@@H]32)=CC=C1c1ccc(Cl)cc1. The molecule has 7 rings (SSSR count). The van der Waals surface area contributed by atoms with Crippen LogP contribution in [-0.2, 0) is 9.59 Å². The smallest absolute Gasteiger partial charge is 0.253 e. The molecule has 2 aliphatic carbocycles. The number of Topliss-reactive ketones (excluding diaryl/α,β-unsaturated/α-hetero) is 1. The number of hydrogen-bond donors (Lipinski definition) is 1. The van der Waals surface area contributed by atoms with Gasteiger partial charge in [0.15, 0.2) is 5.78 Å². The fourth-order valence-corrected chi connectivity index (χ4v) is 6.83. The van der Waals surface area contributed by atoms with E-state index in [1.807, 2.05) is 28.0 Å². The molecule has 4 aliphatic rings. The molecular formula is C28H24ClN5O3. The lowest BCUT2D eigenvalue weighted by Crippen LogP contribution is -2.44. The lowest BCUT2D eigenvalue weighted by atomic mass is 9.60. The van der Waals surface area contributed by atoms with Crippen molar-refractivity contribution >= 4 is 45.8 Å². The summed E-state index contributed by atoms with van der Waals surface area (Å²) in [5.41, 5.74) is 4.02. The minimum Gasteiger partial charge on any atom is -0.338 e. The number of rotatable bonds is 3. The Morgan fingerprint density at radius 2 is 1.43 bits per heavy atom.